The summed E-state index contributed by atoms with van der Waals surface area (Å²) in [7, 11) is 0. The summed E-state index contributed by atoms with van der Waals surface area (Å²) >= 11 is 0. The van der Waals surface area contributed by atoms with Crippen molar-refractivity contribution in [3.63, 3.8) is 0 Å². The van der Waals surface area contributed by atoms with Gasteiger partial charge in [0.25, 0.3) is 0 Å². The predicted molar refractivity (Wildman–Crippen MR) is 82.0 cm³/mol. The van der Waals surface area contributed by atoms with Gasteiger partial charge in [-0.2, -0.15) is 0 Å². The lowest BCUT2D eigenvalue weighted by Crippen LogP contribution is -2.57. The highest BCUT2D eigenvalue weighted by molar-refractivity contribution is 5.75. The van der Waals surface area contributed by atoms with Crippen molar-refractivity contribution in [2.24, 2.45) is 16.7 Å². The zero-order chi connectivity index (χ0) is 16.2. The van der Waals surface area contributed by atoms with Gasteiger partial charge in [0, 0.05) is 17.8 Å². The number of esters is 2. The Labute approximate surface area is 132 Å². The molecule has 0 bridgehead atoms. The number of ether oxygens (including phenoxy) is 2. The fraction of sp³-hybridized carbons (Fsp3) is 0.778. The van der Waals surface area contributed by atoms with Crippen LogP contribution in [0.4, 0.5) is 0 Å². The second kappa shape index (κ2) is 4.84. The molecule has 3 rings (SSSR count). The topological polar surface area (TPSA) is 52.6 Å². The highest BCUT2D eigenvalue weighted by Gasteiger charge is 2.66. The number of allylic oxidation sites excluding steroid dienone is 1. The number of hydrogen-bond acceptors (Lipinski definition) is 4. The van der Waals surface area contributed by atoms with Gasteiger partial charge in [0.05, 0.1) is 6.42 Å². The van der Waals surface area contributed by atoms with E-state index in [1.54, 1.807) is 0 Å². The standard InChI is InChI=1S/C18H26O4/c1-12-6-7-14-16(3,11-21-13(2)19)8-5-9-18(14)17(12,4)10-15(20)22-18/h7,12H,5-6,8-11H2,1-4H3/t12-,16-,17+,18-/m1/s1. The predicted octanol–water partition coefficient (Wildman–Crippen LogP) is 3.40. The van der Waals surface area contributed by atoms with Gasteiger partial charge < -0.3 is 9.47 Å². The summed E-state index contributed by atoms with van der Waals surface area (Å²) in [5.74, 6) is 0.0782. The molecule has 0 amide bonds. The van der Waals surface area contributed by atoms with Crippen molar-refractivity contribution in [3.8, 4) is 0 Å². The first-order chi connectivity index (χ1) is 10.2. The summed E-state index contributed by atoms with van der Waals surface area (Å²) < 4.78 is 11.3. The molecule has 2 aliphatic carbocycles. The Hall–Kier alpha value is -1.32. The minimum Gasteiger partial charge on any atom is -0.465 e. The van der Waals surface area contributed by atoms with Gasteiger partial charge in [-0.1, -0.05) is 26.8 Å². The normalized spacial score (nSPS) is 43.7. The molecular weight excluding hydrogens is 280 g/mol. The van der Waals surface area contributed by atoms with Crippen molar-refractivity contribution in [1.82, 2.24) is 0 Å². The maximum atomic E-state index is 12.2. The molecule has 4 atom stereocenters. The lowest BCUT2D eigenvalue weighted by molar-refractivity contribution is -0.158. The van der Waals surface area contributed by atoms with E-state index in [9.17, 15) is 9.59 Å². The summed E-state index contributed by atoms with van der Waals surface area (Å²) in [5, 5.41) is 0. The smallest absolute Gasteiger partial charge is 0.307 e. The molecule has 0 aromatic heterocycles. The lowest BCUT2D eigenvalue weighted by Gasteiger charge is -2.56. The second-order valence-electron chi connectivity index (χ2n) is 7.84. The quantitative estimate of drug-likeness (QED) is 0.579. The third-order valence-corrected chi connectivity index (χ3v) is 6.42. The molecule has 1 heterocycles. The third-order valence-electron chi connectivity index (χ3n) is 6.42. The van der Waals surface area contributed by atoms with Crippen LogP contribution in [0, 0.1) is 16.7 Å². The van der Waals surface area contributed by atoms with Crippen LogP contribution >= 0.6 is 0 Å². The van der Waals surface area contributed by atoms with Gasteiger partial charge in [0.2, 0.25) is 0 Å². The van der Waals surface area contributed by atoms with Crippen LogP contribution in [0.3, 0.4) is 0 Å². The average molecular weight is 306 g/mol. The van der Waals surface area contributed by atoms with E-state index in [1.807, 2.05) is 0 Å². The first-order valence-electron chi connectivity index (χ1n) is 8.30. The zero-order valence-corrected chi connectivity index (χ0v) is 14.0. The highest BCUT2D eigenvalue weighted by Crippen LogP contribution is 2.64. The number of carbonyl (C=O) groups excluding carboxylic acids is 2. The maximum Gasteiger partial charge on any atom is 0.307 e. The molecular formula is C18H26O4. The van der Waals surface area contributed by atoms with E-state index < -0.39 is 5.60 Å². The minimum atomic E-state index is -0.491. The summed E-state index contributed by atoms with van der Waals surface area (Å²) in [4.78, 5) is 23.4. The van der Waals surface area contributed by atoms with E-state index in [0.29, 0.717) is 18.9 Å². The Kier molecular flexibility index (Phi) is 3.42. The Balaban J connectivity index is 2.03. The summed E-state index contributed by atoms with van der Waals surface area (Å²) in [6.07, 6.45) is 6.56. The van der Waals surface area contributed by atoms with Crippen LogP contribution in [-0.4, -0.2) is 24.1 Å². The van der Waals surface area contributed by atoms with Crippen molar-refractivity contribution in [2.45, 2.75) is 65.4 Å². The van der Waals surface area contributed by atoms with Crippen LogP contribution in [0.2, 0.25) is 0 Å². The van der Waals surface area contributed by atoms with Crippen molar-refractivity contribution in [1.29, 1.82) is 0 Å². The Morgan fingerprint density at radius 2 is 2.14 bits per heavy atom. The van der Waals surface area contributed by atoms with Crippen LogP contribution in [0.1, 0.15) is 59.8 Å². The zero-order valence-electron chi connectivity index (χ0n) is 14.0. The molecule has 1 saturated carbocycles. The van der Waals surface area contributed by atoms with Crippen LogP contribution in [-0.2, 0) is 19.1 Å². The first kappa shape index (κ1) is 15.6. The maximum absolute atomic E-state index is 12.2. The fourth-order valence-electron chi connectivity index (χ4n) is 4.92. The van der Waals surface area contributed by atoms with E-state index in [0.717, 1.165) is 25.7 Å². The molecule has 3 aliphatic rings. The Morgan fingerprint density at radius 3 is 2.82 bits per heavy atom. The van der Waals surface area contributed by atoms with Gasteiger partial charge in [-0.15, -0.1) is 0 Å². The molecule has 2 fully saturated rings. The molecule has 1 aliphatic heterocycles. The molecule has 0 aromatic carbocycles. The summed E-state index contributed by atoms with van der Waals surface area (Å²) in [5.41, 5.74) is 0.329. The summed E-state index contributed by atoms with van der Waals surface area (Å²) in [6.45, 7) is 8.38. The lowest BCUT2D eigenvalue weighted by atomic mass is 9.50. The van der Waals surface area contributed by atoms with Gasteiger partial charge in [-0.05, 0) is 37.2 Å². The average Bonchev–Trinajstić information content (AvgIpc) is 2.69. The van der Waals surface area contributed by atoms with Crippen molar-refractivity contribution >= 4 is 11.9 Å². The molecule has 1 saturated heterocycles. The molecule has 0 aromatic rings. The number of hydrogen-bond donors (Lipinski definition) is 0. The van der Waals surface area contributed by atoms with Gasteiger partial charge in [0.1, 0.15) is 12.2 Å². The largest absolute Gasteiger partial charge is 0.465 e. The number of carbonyl (C=O) groups is 2. The van der Waals surface area contributed by atoms with Crippen molar-refractivity contribution < 1.29 is 19.1 Å². The molecule has 0 unspecified atom stereocenters. The number of rotatable bonds is 2. The molecule has 0 N–H and O–H groups in total. The van der Waals surface area contributed by atoms with Crippen molar-refractivity contribution in [3.05, 3.63) is 11.6 Å². The van der Waals surface area contributed by atoms with Gasteiger partial charge in [0.15, 0.2) is 0 Å². The van der Waals surface area contributed by atoms with Crippen LogP contribution < -0.4 is 0 Å². The monoisotopic (exact) mass is 306 g/mol. The van der Waals surface area contributed by atoms with Gasteiger partial charge >= 0.3 is 11.9 Å². The summed E-state index contributed by atoms with van der Waals surface area (Å²) in [6, 6.07) is 0. The van der Waals surface area contributed by atoms with E-state index in [1.165, 1.54) is 12.5 Å². The van der Waals surface area contributed by atoms with Crippen LogP contribution in [0.5, 0.6) is 0 Å². The van der Waals surface area contributed by atoms with Crippen molar-refractivity contribution in [2.75, 3.05) is 6.61 Å². The molecule has 1 spiro atoms. The van der Waals surface area contributed by atoms with E-state index >= 15 is 0 Å². The first-order valence-corrected chi connectivity index (χ1v) is 8.30. The van der Waals surface area contributed by atoms with E-state index in [2.05, 4.69) is 26.8 Å². The fourth-order valence-corrected chi connectivity index (χ4v) is 4.92. The van der Waals surface area contributed by atoms with E-state index in [4.69, 9.17) is 9.47 Å². The SMILES string of the molecule is CC(=O)OC[C@@]1(C)CCC[C@]23OC(=O)C[C@@]2(C)[C@H](C)CC=C13. The van der Waals surface area contributed by atoms with Crippen LogP contribution in [0.15, 0.2) is 11.6 Å². The molecule has 4 nitrogen and oxygen atoms in total. The molecule has 4 heteroatoms. The molecule has 122 valence electrons. The molecule has 0 radical (unpaired) electrons. The Bertz CT molecular complexity index is 551. The minimum absolute atomic E-state index is 0.0844. The third kappa shape index (κ3) is 1.95. The highest BCUT2D eigenvalue weighted by atomic mass is 16.6. The van der Waals surface area contributed by atoms with Gasteiger partial charge in [-0.3, -0.25) is 9.59 Å². The van der Waals surface area contributed by atoms with Gasteiger partial charge in [-0.25, -0.2) is 0 Å². The molecule has 22 heavy (non-hydrogen) atoms. The van der Waals surface area contributed by atoms with E-state index in [-0.39, 0.29) is 22.8 Å². The van der Waals surface area contributed by atoms with Crippen LogP contribution in [0.25, 0.3) is 0 Å². The Morgan fingerprint density at radius 1 is 1.41 bits per heavy atom. The second-order valence-corrected chi connectivity index (χ2v) is 7.84.